The summed E-state index contributed by atoms with van der Waals surface area (Å²) in [6.07, 6.45) is 6.29. The molecule has 5 rings (SSSR count). The van der Waals surface area contributed by atoms with Gasteiger partial charge in [0.2, 0.25) is 21.8 Å². The van der Waals surface area contributed by atoms with Crippen LogP contribution in [0, 0.1) is 5.92 Å². The van der Waals surface area contributed by atoms with Gasteiger partial charge in [0, 0.05) is 26.2 Å². The number of likely N-dealkylation sites (tertiary alicyclic amines) is 2. The number of sulfonamides is 1. The summed E-state index contributed by atoms with van der Waals surface area (Å²) >= 11 is 0. The predicted octanol–water partition coefficient (Wildman–Crippen LogP) is 1.58. The number of alkyl halides is 2. The fourth-order valence-electron chi connectivity index (χ4n) is 5.06. The van der Waals surface area contributed by atoms with E-state index in [1.165, 1.54) is 22.2 Å². The van der Waals surface area contributed by atoms with E-state index in [0.29, 0.717) is 31.4 Å². The van der Waals surface area contributed by atoms with E-state index in [1.54, 1.807) is 4.90 Å². The summed E-state index contributed by atoms with van der Waals surface area (Å²) in [6, 6.07) is 0. The number of carbonyl (C=O) groups is 2. The van der Waals surface area contributed by atoms with E-state index in [-0.39, 0.29) is 69.1 Å². The molecule has 1 aromatic rings. The highest BCUT2D eigenvalue weighted by molar-refractivity contribution is 7.89. The maximum atomic E-state index is 12.9. The Hall–Kier alpha value is -2.65. The van der Waals surface area contributed by atoms with Crippen LogP contribution in [0.25, 0.3) is 0 Å². The van der Waals surface area contributed by atoms with Gasteiger partial charge < -0.3 is 14.4 Å². The van der Waals surface area contributed by atoms with Crippen molar-refractivity contribution in [2.24, 2.45) is 5.92 Å². The van der Waals surface area contributed by atoms with Crippen molar-refractivity contribution < 1.29 is 36.3 Å². The van der Waals surface area contributed by atoms with Crippen LogP contribution in [0.2, 0.25) is 0 Å². The fraction of sp³-hybridized carbons (Fsp3) is 0.760. The van der Waals surface area contributed by atoms with Gasteiger partial charge in [0.15, 0.2) is 5.82 Å². The number of ether oxygens (including phenoxy) is 2. The highest BCUT2D eigenvalue weighted by Crippen LogP contribution is 2.39. The van der Waals surface area contributed by atoms with Gasteiger partial charge in [0.25, 0.3) is 5.92 Å². The zero-order chi connectivity index (χ0) is 28.5. The second-order valence-corrected chi connectivity index (χ2v) is 13.5. The van der Waals surface area contributed by atoms with Crippen molar-refractivity contribution in [2.45, 2.75) is 50.6 Å². The number of rotatable bonds is 10. The van der Waals surface area contributed by atoms with Crippen LogP contribution in [-0.2, 0) is 19.6 Å². The first-order valence-electron chi connectivity index (χ1n) is 13.7. The topological polar surface area (TPSA) is 125 Å². The van der Waals surface area contributed by atoms with E-state index in [9.17, 15) is 26.8 Å². The first kappa shape index (κ1) is 28.9. The smallest absolute Gasteiger partial charge is 0.410 e. The average Bonchev–Trinajstić information content (AvgIpc) is 3.63. The van der Waals surface area contributed by atoms with Gasteiger partial charge in [-0.25, -0.2) is 32.0 Å². The molecule has 0 bridgehead atoms. The van der Waals surface area contributed by atoms with Gasteiger partial charge in [-0.2, -0.15) is 4.31 Å². The Labute approximate surface area is 232 Å². The van der Waals surface area contributed by atoms with Crippen LogP contribution in [0.15, 0.2) is 12.4 Å². The third-order valence-electron chi connectivity index (χ3n) is 7.88. The molecule has 0 unspecified atom stereocenters. The minimum absolute atomic E-state index is 0.112. The molecule has 2 amide bonds. The highest BCUT2D eigenvalue weighted by atomic mass is 32.2. The van der Waals surface area contributed by atoms with Gasteiger partial charge >= 0.3 is 6.09 Å². The van der Waals surface area contributed by atoms with Crippen molar-refractivity contribution in [3.63, 3.8) is 0 Å². The molecule has 4 aliphatic rings. The summed E-state index contributed by atoms with van der Waals surface area (Å²) in [6.45, 7) is 3.15. The number of piperazine rings is 1. The molecule has 4 heterocycles. The third kappa shape index (κ3) is 7.16. The molecule has 12 nitrogen and oxygen atoms in total. The Balaban J connectivity index is 1.02. The van der Waals surface area contributed by atoms with Gasteiger partial charge in [-0.15, -0.1) is 0 Å². The predicted molar refractivity (Wildman–Crippen MR) is 140 cm³/mol. The van der Waals surface area contributed by atoms with Crippen LogP contribution < -0.4 is 9.64 Å². The lowest BCUT2D eigenvalue weighted by molar-refractivity contribution is -0.130. The number of anilines is 1. The minimum atomic E-state index is -3.68. The summed E-state index contributed by atoms with van der Waals surface area (Å²) in [5.41, 5.74) is -0.280. The van der Waals surface area contributed by atoms with Crippen molar-refractivity contribution in [1.82, 2.24) is 24.1 Å². The molecule has 0 N–H and O–H groups in total. The first-order valence-corrected chi connectivity index (χ1v) is 15.3. The van der Waals surface area contributed by atoms with Crippen LogP contribution in [0.4, 0.5) is 19.4 Å². The number of hydrogen-bond donors (Lipinski definition) is 0. The Bertz CT molecular complexity index is 1180. The number of hydrogen-bond acceptors (Lipinski definition) is 9. The summed E-state index contributed by atoms with van der Waals surface area (Å²) in [5, 5.41) is 0. The van der Waals surface area contributed by atoms with E-state index < -0.39 is 21.9 Å². The quantitative estimate of drug-likeness (QED) is 0.402. The Morgan fingerprint density at radius 3 is 2.42 bits per heavy atom. The molecule has 0 radical (unpaired) electrons. The number of carbonyl (C=O) groups excluding carboxylic acids is 2. The van der Waals surface area contributed by atoms with Crippen LogP contribution in [0.1, 0.15) is 39.0 Å². The van der Waals surface area contributed by atoms with Gasteiger partial charge in [-0.1, -0.05) is 0 Å². The molecule has 3 saturated heterocycles. The van der Waals surface area contributed by atoms with E-state index in [1.807, 2.05) is 6.92 Å². The Morgan fingerprint density at radius 1 is 1.10 bits per heavy atom. The lowest BCUT2D eigenvalue weighted by Crippen LogP contribution is -2.56. The number of halogens is 2. The third-order valence-corrected chi connectivity index (χ3v) is 9.79. The maximum absolute atomic E-state index is 12.9. The zero-order valence-electron chi connectivity index (χ0n) is 22.6. The molecule has 1 aliphatic carbocycles. The molecule has 222 valence electrons. The normalized spacial score (nSPS) is 23.5. The van der Waals surface area contributed by atoms with E-state index in [2.05, 4.69) is 9.97 Å². The van der Waals surface area contributed by atoms with E-state index >= 15 is 0 Å². The molecule has 0 spiro atoms. The molecule has 15 heteroatoms. The first-order chi connectivity index (χ1) is 18.9. The molecule has 0 atom stereocenters. The summed E-state index contributed by atoms with van der Waals surface area (Å²) < 4.78 is 63.7. The molecule has 1 aromatic heterocycles. The molecule has 3 aliphatic heterocycles. The number of nitrogens with zero attached hydrogens (tertiary/aromatic N) is 6. The van der Waals surface area contributed by atoms with Crippen LogP contribution in [-0.4, -0.2) is 121 Å². The van der Waals surface area contributed by atoms with Gasteiger partial charge in [0.1, 0.15) is 5.60 Å². The van der Waals surface area contributed by atoms with Crippen molar-refractivity contribution in [3.8, 4) is 5.88 Å². The standard InChI is InChI=1S/C25H36F2N6O6S/c1-24(5-6-24)39-23(35)31-8-3-19(4-9-31)16-38-21-14-28-20(13-29-21)33-11-10-32(15-22(33)34)40(36,37)12-2-7-30-17-25(26,27)18-30/h13-14,19H,2-12,15-18H2,1H3. The lowest BCUT2D eigenvalue weighted by atomic mass is 9.98. The summed E-state index contributed by atoms with van der Waals surface area (Å²) in [7, 11) is -3.68. The number of aromatic nitrogens is 2. The van der Waals surface area contributed by atoms with Crippen LogP contribution in [0.3, 0.4) is 0 Å². The van der Waals surface area contributed by atoms with Gasteiger partial charge in [-0.3, -0.25) is 14.6 Å². The van der Waals surface area contributed by atoms with E-state index in [4.69, 9.17) is 9.47 Å². The second-order valence-electron chi connectivity index (χ2n) is 11.4. The van der Waals surface area contributed by atoms with Crippen LogP contribution in [0.5, 0.6) is 5.88 Å². The minimum Gasteiger partial charge on any atom is -0.476 e. The van der Waals surface area contributed by atoms with Crippen molar-refractivity contribution >= 4 is 27.8 Å². The van der Waals surface area contributed by atoms with E-state index in [0.717, 1.165) is 30.0 Å². The Kier molecular flexibility index (Phi) is 8.17. The van der Waals surface area contributed by atoms with Crippen LogP contribution >= 0.6 is 0 Å². The van der Waals surface area contributed by atoms with Gasteiger partial charge in [0.05, 0.1) is 44.4 Å². The number of amides is 2. The monoisotopic (exact) mass is 586 g/mol. The molecule has 4 fully saturated rings. The van der Waals surface area contributed by atoms with Crippen molar-refractivity contribution in [2.75, 3.05) is 69.6 Å². The maximum Gasteiger partial charge on any atom is 0.410 e. The fourth-order valence-corrected chi connectivity index (χ4v) is 6.48. The molecule has 0 aromatic carbocycles. The molecular weight excluding hydrogens is 550 g/mol. The zero-order valence-corrected chi connectivity index (χ0v) is 23.5. The SMILES string of the molecule is CC1(OC(=O)N2CCC(COc3cnc(N4CCN(S(=O)(=O)CCCN5CC(F)(F)C5)CC4=O)cn3)CC2)CC1. The lowest BCUT2D eigenvalue weighted by Gasteiger charge is -2.38. The molecular formula is C25H36F2N6O6S. The molecule has 1 saturated carbocycles. The Morgan fingerprint density at radius 2 is 1.82 bits per heavy atom. The average molecular weight is 587 g/mol. The molecule has 40 heavy (non-hydrogen) atoms. The van der Waals surface area contributed by atoms with Gasteiger partial charge in [-0.05, 0) is 51.5 Å². The number of piperidine rings is 1. The van der Waals surface area contributed by atoms with Crippen molar-refractivity contribution in [1.29, 1.82) is 0 Å². The summed E-state index contributed by atoms with van der Waals surface area (Å²) in [4.78, 5) is 38.2. The van der Waals surface area contributed by atoms with Crippen molar-refractivity contribution in [3.05, 3.63) is 12.4 Å². The highest BCUT2D eigenvalue weighted by Gasteiger charge is 2.44. The second kappa shape index (κ2) is 11.3. The largest absolute Gasteiger partial charge is 0.476 e. The summed E-state index contributed by atoms with van der Waals surface area (Å²) in [5.74, 6) is -2.40.